The van der Waals surface area contributed by atoms with Crippen LogP contribution in [0.5, 0.6) is 5.88 Å². The second kappa shape index (κ2) is 10.6. The van der Waals surface area contributed by atoms with E-state index in [2.05, 4.69) is 15.7 Å². The summed E-state index contributed by atoms with van der Waals surface area (Å²) in [5.74, 6) is -1.96. The van der Waals surface area contributed by atoms with Crippen molar-refractivity contribution in [3.63, 3.8) is 0 Å². The monoisotopic (exact) mass is 552 g/mol. The maximum Gasteiger partial charge on any atom is 0.352 e. The Balaban J connectivity index is 1.48. The molecule has 36 heavy (non-hydrogen) atoms. The summed E-state index contributed by atoms with van der Waals surface area (Å²) in [7, 11) is 1.38. The number of aliphatic carboxylic acids is 1. The van der Waals surface area contributed by atoms with Crippen LogP contribution in [0.4, 0.5) is 4.79 Å². The van der Waals surface area contributed by atoms with Crippen LogP contribution in [0.25, 0.3) is 0 Å². The Bertz CT molecular complexity index is 1240. The van der Waals surface area contributed by atoms with Gasteiger partial charge in [0, 0.05) is 28.5 Å². The molecule has 2 aliphatic heterocycles. The fourth-order valence-corrected chi connectivity index (χ4v) is 6.77. The van der Waals surface area contributed by atoms with Crippen LogP contribution in [-0.2, 0) is 14.4 Å². The quantitative estimate of drug-likeness (QED) is 0.143. The predicted molar refractivity (Wildman–Crippen MR) is 130 cm³/mol. The number of rotatable bonds is 9. The van der Waals surface area contributed by atoms with E-state index in [9.17, 15) is 29.5 Å². The van der Waals surface area contributed by atoms with E-state index in [1.165, 1.54) is 42.3 Å². The van der Waals surface area contributed by atoms with Crippen molar-refractivity contribution in [1.82, 2.24) is 20.6 Å². The van der Waals surface area contributed by atoms with Gasteiger partial charge in [0.05, 0.1) is 12.2 Å². The van der Waals surface area contributed by atoms with Crippen LogP contribution in [0.15, 0.2) is 45.9 Å². The van der Waals surface area contributed by atoms with Gasteiger partial charge in [0.2, 0.25) is 5.91 Å². The summed E-state index contributed by atoms with van der Waals surface area (Å²) in [6.07, 6.45) is 0. The summed E-state index contributed by atoms with van der Waals surface area (Å²) in [4.78, 5) is 51.3. The van der Waals surface area contributed by atoms with Crippen LogP contribution >= 0.6 is 34.9 Å². The SMILES string of the molecule is COc1ccc(SCC2=C(C(=O)O)N3C(=O)[C@H](NC(=O)C(NC(N)=O)c4cccs4)C3SC2)[n+]([O-])n1. The molecule has 2 unspecified atom stereocenters. The molecule has 190 valence electrons. The van der Waals surface area contributed by atoms with Gasteiger partial charge in [-0.25, -0.2) is 9.59 Å². The number of nitrogens with two attached hydrogens (primary N) is 1. The molecular weight excluding hydrogens is 532 g/mol. The molecule has 3 atom stereocenters. The van der Waals surface area contributed by atoms with E-state index in [4.69, 9.17) is 10.5 Å². The number of ether oxygens (including phenoxy) is 1. The second-order valence-corrected chi connectivity index (χ2v) is 10.6. The van der Waals surface area contributed by atoms with Gasteiger partial charge in [-0.1, -0.05) is 6.07 Å². The zero-order valence-electron chi connectivity index (χ0n) is 18.6. The summed E-state index contributed by atoms with van der Waals surface area (Å²) in [5, 5.41) is 31.9. The molecule has 4 amide bonds. The van der Waals surface area contributed by atoms with Gasteiger partial charge in [-0.3, -0.25) is 14.5 Å². The third kappa shape index (κ3) is 5.05. The molecule has 4 heterocycles. The third-order valence-corrected chi connectivity index (χ3v) is 8.63. The maximum atomic E-state index is 12.9. The molecule has 2 aromatic heterocycles. The minimum atomic E-state index is -1.29. The van der Waals surface area contributed by atoms with Crippen LogP contribution in [0.3, 0.4) is 0 Å². The predicted octanol–water partition coefficient (Wildman–Crippen LogP) is 0.0254. The molecule has 0 aliphatic carbocycles. The van der Waals surface area contributed by atoms with Crippen molar-refractivity contribution >= 4 is 58.7 Å². The van der Waals surface area contributed by atoms with E-state index < -0.39 is 41.3 Å². The Kier molecular flexibility index (Phi) is 7.56. The molecule has 16 heteroatoms. The molecule has 0 spiro atoms. The van der Waals surface area contributed by atoms with Gasteiger partial charge < -0.3 is 31.4 Å². The third-order valence-electron chi connectivity index (χ3n) is 5.27. The Labute approximate surface area is 216 Å². The Hall–Kier alpha value is -3.50. The number of carbonyl (C=O) groups excluding carboxylic acids is 3. The number of thiophene rings is 1. The largest absolute Gasteiger partial charge is 0.593 e. The normalized spacial score (nSPS) is 19.7. The molecular formula is C20H20N6O7S3. The van der Waals surface area contributed by atoms with Gasteiger partial charge >= 0.3 is 12.0 Å². The number of nitrogens with one attached hydrogen (secondary N) is 2. The molecule has 13 nitrogen and oxygen atoms in total. The minimum absolute atomic E-state index is 0.140. The highest BCUT2D eigenvalue weighted by molar-refractivity contribution is 8.01. The van der Waals surface area contributed by atoms with Crippen LogP contribution in [0.1, 0.15) is 10.9 Å². The van der Waals surface area contributed by atoms with Crippen molar-refractivity contribution in [2.45, 2.75) is 22.5 Å². The number of urea groups is 1. The first-order valence-electron chi connectivity index (χ1n) is 10.3. The zero-order valence-corrected chi connectivity index (χ0v) is 21.0. The number of fused-ring (bicyclic) bond motifs is 1. The molecule has 2 aromatic rings. The number of primary amides is 1. The van der Waals surface area contributed by atoms with Gasteiger partial charge in [-0.15, -0.1) is 23.1 Å². The molecule has 0 aromatic carbocycles. The summed E-state index contributed by atoms with van der Waals surface area (Å²) in [6, 6.07) is 3.41. The number of aromatic nitrogens is 2. The highest BCUT2D eigenvalue weighted by Gasteiger charge is 2.54. The Morgan fingerprint density at radius 1 is 1.42 bits per heavy atom. The summed E-state index contributed by atoms with van der Waals surface area (Å²) < 4.78 is 4.90. The fourth-order valence-electron chi connectivity index (χ4n) is 3.65. The van der Waals surface area contributed by atoms with Crippen molar-refractivity contribution < 1.29 is 33.9 Å². The van der Waals surface area contributed by atoms with Crippen molar-refractivity contribution in [3.8, 4) is 5.88 Å². The average Bonchev–Trinajstić information content (AvgIpc) is 3.38. The molecule has 0 saturated carbocycles. The lowest BCUT2D eigenvalue weighted by atomic mass is 10.0. The molecule has 0 radical (unpaired) electrons. The molecule has 1 saturated heterocycles. The highest BCUT2D eigenvalue weighted by atomic mass is 32.2. The first-order valence-corrected chi connectivity index (χ1v) is 13.2. The standard InChI is InChI=1S/C20H20N6O7S3/c1-33-11-4-5-12(26(32)24-11)35-7-9-8-36-18-14(17(28)25(18)15(9)19(29)30)22-16(27)13(23-20(21)31)10-3-2-6-34-10/h2-6,13-14,18H,7-8H2,1H3,(H,22,27)(H,29,30)(H3,21,23,31)/t13?,14-,18?/m0/s1. The summed E-state index contributed by atoms with van der Waals surface area (Å²) >= 11 is 3.61. The number of nitrogens with zero attached hydrogens (tertiary/aromatic N) is 3. The zero-order chi connectivity index (χ0) is 26.0. The number of methoxy groups -OCH3 is 1. The van der Waals surface area contributed by atoms with Crippen LogP contribution in [0.2, 0.25) is 0 Å². The number of carboxylic acid groups (broad SMARTS) is 1. The van der Waals surface area contributed by atoms with Crippen LogP contribution < -0.4 is 25.9 Å². The van der Waals surface area contributed by atoms with Crippen LogP contribution in [-0.4, -0.2) is 69.0 Å². The van der Waals surface area contributed by atoms with E-state index in [0.717, 1.165) is 16.7 Å². The molecule has 5 N–H and O–H groups in total. The minimum Gasteiger partial charge on any atom is -0.593 e. The molecule has 2 aliphatic rings. The maximum absolute atomic E-state index is 12.9. The highest BCUT2D eigenvalue weighted by Crippen LogP contribution is 2.41. The van der Waals surface area contributed by atoms with Gasteiger partial charge in [0.15, 0.2) is 0 Å². The lowest BCUT2D eigenvalue weighted by Crippen LogP contribution is -2.71. The lowest BCUT2D eigenvalue weighted by Gasteiger charge is -2.49. The lowest BCUT2D eigenvalue weighted by molar-refractivity contribution is -0.706. The number of amides is 4. The van der Waals surface area contributed by atoms with E-state index in [1.54, 1.807) is 17.5 Å². The van der Waals surface area contributed by atoms with Crippen LogP contribution in [0, 0.1) is 5.21 Å². The first-order chi connectivity index (χ1) is 17.2. The van der Waals surface area contributed by atoms with Crippen molar-refractivity contribution in [3.05, 3.63) is 51.0 Å². The van der Waals surface area contributed by atoms with Gasteiger partial charge in [0.25, 0.3) is 16.8 Å². The fraction of sp³-hybridized carbons (Fsp3) is 0.300. The summed E-state index contributed by atoms with van der Waals surface area (Å²) in [5.41, 5.74) is 5.48. The topological polar surface area (TPSA) is 191 Å². The Morgan fingerprint density at radius 2 is 2.19 bits per heavy atom. The van der Waals surface area contributed by atoms with E-state index in [0.29, 0.717) is 15.3 Å². The Morgan fingerprint density at radius 3 is 2.81 bits per heavy atom. The van der Waals surface area contributed by atoms with E-state index in [-0.39, 0.29) is 28.1 Å². The number of hydrogen-bond acceptors (Lipinski definition) is 10. The van der Waals surface area contributed by atoms with Gasteiger partial charge in [0.1, 0.15) is 23.2 Å². The van der Waals surface area contributed by atoms with Crippen molar-refractivity contribution in [1.29, 1.82) is 0 Å². The van der Waals surface area contributed by atoms with Crippen molar-refractivity contribution in [2.24, 2.45) is 5.73 Å². The number of carbonyl (C=O) groups is 4. The van der Waals surface area contributed by atoms with E-state index in [1.807, 2.05) is 0 Å². The number of thioether (sulfide) groups is 2. The van der Waals surface area contributed by atoms with Crippen molar-refractivity contribution in [2.75, 3.05) is 18.6 Å². The first kappa shape index (κ1) is 25.6. The van der Waals surface area contributed by atoms with Gasteiger partial charge in [-0.2, -0.15) is 0 Å². The second-order valence-electron chi connectivity index (χ2n) is 7.49. The number of β-lactam (4-membered cyclic amide) rings is 1. The van der Waals surface area contributed by atoms with Gasteiger partial charge in [-0.05, 0) is 33.6 Å². The smallest absolute Gasteiger partial charge is 0.352 e. The summed E-state index contributed by atoms with van der Waals surface area (Å²) in [6.45, 7) is 0. The molecule has 1 fully saturated rings. The number of hydrogen-bond donors (Lipinski definition) is 4. The average molecular weight is 553 g/mol. The molecule has 4 rings (SSSR count). The molecule has 0 bridgehead atoms. The number of carboxylic acids is 1. The van der Waals surface area contributed by atoms with E-state index >= 15 is 0 Å².